The molecule has 0 bridgehead atoms. The predicted octanol–water partition coefficient (Wildman–Crippen LogP) is 3.21. The van der Waals surface area contributed by atoms with Crippen molar-refractivity contribution in [2.75, 3.05) is 5.32 Å². The summed E-state index contributed by atoms with van der Waals surface area (Å²) in [6.45, 7) is 6.02. The number of rotatable bonds is 5. The summed E-state index contributed by atoms with van der Waals surface area (Å²) in [6.07, 6.45) is 4.81. The van der Waals surface area contributed by atoms with Crippen molar-refractivity contribution in [3.8, 4) is 11.5 Å². The zero-order valence-corrected chi connectivity index (χ0v) is 14.9. The Labute approximate surface area is 151 Å². The van der Waals surface area contributed by atoms with Gasteiger partial charge in [-0.1, -0.05) is 19.9 Å². The summed E-state index contributed by atoms with van der Waals surface area (Å²) in [6, 6.07) is 7.39. The first-order chi connectivity index (χ1) is 12.5. The molecule has 0 radical (unpaired) electrons. The van der Waals surface area contributed by atoms with E-state index in [1.165, 1.54) is 6.20 Å². The molecule has 0 aliphatic carbocycles. The lowest BCUT2D eigenvalue weighted by molar-refractivity contribution is 0.100. The first-order valence-electron chi connectivity index (χ1n) is 8.27. The van der Waals surface area contributed by atoms with Gasteiger partial charge in [0.25, 0.3) is 5.91 Å². The van der Waals surface area contributed by atoms with Gasteiger partial charge in [0.1, 0.15) is 11.5 Å². The van der Waals surface area contributed by atoms with Gasteiger partial charge in [-0.05, 0) is 31.0 Å². The van der Waals surface area contributed by atoms with Crippen LogP contribution in [0.5, 0.6) is 0 Å². The van der Waals surface area contributed by atoms with Crippen molar-refractivity contribution >= 4 is 17.4 Å². The second-order valence-electron chi connectivity index (χ2n) is 6.23. The number of pyridine rings is 2. The molecule has 0 aliphatic rings. The van der Waals surface area contributed by atoms with E-state index in [2.05, 4.69) is 39.1 Å². The van der Waals surface area contributed by atoms with Gasteiger partial charge in [-0.3, -0.25) is 9.78 Å². The highest BCUT2D eigenvalue weighted by Crippen LogP contribution is 2.28. The van der Waals surface area contributed by atoms with Gasteiger partial charge in [0.2, 0.25) is 0 Å². The molecular formula is C19H20N6O. The van der Waals surface area contributed by atoms with Crippen molar-refractivity contribution < 1.29 is 4.79 Å². The molecule has 7 nitrogen and oxygen atoms in total. The molecule has 3 N–H and O–H groups in total. The monoisotopic (exact) mass is 348 g/mol. The summed E-state index contributed by atoms with van der Waals surface area (Å²) in [4.78, 5) is 29.2. The van der Waals surface area contributed by atoms with Crippen LogP contribution in [0.3, 0.4) is 0 Å². The van der Waals surface area contributed by atoms with Crippen LogP contribution in [0.4, 0.5) is 11.5 Å². The van der Waals surface area contributed by atoms with Gasteiger partial charge in [-0.15, -0.1) is 0 Å². The van der Waals surface area contributed by atoms with Crippen LogP contribution in [0.2, 0.25) is 0 Å². The van der Waals surface area contributed by atoms with Crippen LogP contribution in [-0.2, 0) is 0 Å². The molecule has 0 spiro atoms. The number of carbonyl (C=O) groups excluding carboxylic acids is 1. The molecule has 3 aromatic rings. The summed E-state index contributed by atoms with van der Waals surface area (Å²) in [5.74, 6) is 0.759. The van der Waals surface area contributed by atoms with E-state index in [4.69, 9.17) is 5.73 Å². The SMILES string of the molecule is Cc1cccc(-c2ncc(C(C)C)c(Nc3ccncc3C(N)=O)n2)n1. The summed E-state index contributed by atoms with van der Waals surface area (Å²) < 4.78 is 0. The van der Waals surface area contributed by atoms with Crippen LogP contribution in [0, 0.1) is 6.92 Å². The number of carbonyl (C=O) groups is 1. The molecule has 0 saturated heterocycles. The number of primary amides is 1. The zero-order valence-electron chi connectivity index (χ0n) is 14.9. The quantitative estimate of drug-likeness (QED) is 0.733. The van der Waals surface area contributed by atoms with Gasteiger partial charge in [0.15, 0.2) is 5.82 Å². The Hall–Kier alpha value is -3.35. The molecule has 132 valence electrons. The number of aromatic nitrogens is 4. The second-order valence-corrected chi connectivity index (χ2v) is 6.23. The third kappa shape index (κ3) is 3.66. The fraction of sp³-hybridized carbons (Fsp3) is 0.211. The van der Waals surface area contributed by atoms with E-state index in [-0.39, 0.29) is 5.92 Å². The summed E-state index contributed by atoms with van der Waals surface area (Å²) in [5.41, 5.74) is 8.80. The van der Waals surface area contributed by atoms with E-state index in [1.807, 2.05) is 25.1 Å². The van der Waals surface area contributed by atoms with E-state index in [0.29, 0.717) is 28.6 Å². The molecule has 3 rings (SSSR count). The molecule has 3 aromatic heterocycles. The molecule has 0 atom stereocenters. The standard InChI is InChI=1S/C19H20N6O/c1-11(2)13-10-22-19(16-6-4-5-12(3)23-16)25-18(13)24-15-7-8-21-9-14(15)17(20)26/h4-11H,1-3H3,(H2,20,26)(H,21,22,24,25). The Morgan fingerprint density at radius 2 is 1.96 bits per heavy atom. The lowest BCUT2D eigenvalue weighted by atomic mass is 10.1. The molecule has 0 aromatic carbocycles. The number of hydrogen-bond acceptors (Lipinski definition) is 6. The topological polar surface area (TPSA) is 107 Å². The van der Waals surface area contributed by atoms with Crippen molar-refractivity contribution in [2.45, 2.75) is 26.7 Å². The number of hydrogen-bond donors (Lipinski definition) is 2. The summed E-state index contributed by atoms with van der Waals surface area (Å²) in [7, 11) is 0. The molecule has 3 heterocycles. The van der Waals surface area contributed by atoms with Gasteiger partial charge >= 0.3 is 0 Å². The Kier molecular flexibility index (Phi) is 4.88. The van der Waals surface area contributed by atoms with Gasteiger partial charge in [-0.25, -0.2) is 15.0 Å². The van der Waals surface area contributed by atoms with Gasteiger partial charge in [-0.2, -0.15) is 0 Å². The van der Waals surface area contributed by atoms with Crippen LogP contribution < -0.4 is 11.1 Å². The highest BCUT2D eigenvalue weighted by atomic mass is 16.1. The third-order valence-electron chi connectivity index (χ3n) is 3.90. The van der Waals surface area contributed by atoms with Gasteiger partial charge in [0.05, 0.1) is 11.3 Å². The Morgan fingerprint density at radius 1 is 1.15 bits per heavy atom. The molecule has 26 heavy (non-hydrogen) atoms. The first kappa shape index (κ1) is 17.5. The van der Waals surface area contributed by atoms with Crippen LogP contribution in [-0.4, -0.2) is 25.8 Å². The van der Waals surface area contributed by atoms with Crippen LogP contribution >= 0.6 is 0 Å². The largest absolute Gasteiger partial charge is 0.365 e. The average Bonchev–Trinajstić information content (AvgIpc) is 2.61. The van der Waals surface area contributed by atoms with E-state index in [1.54, 1.807) is 18.5 Å². The van der Waals surface area contributed by atoms with Crippen LogP contribution in [0.15, 0.2) is 42.9 Å². The number of amides is 1. The fourth-order valence-corrected chi connectivity index (χ4v) is 2.53. The molecule has 0 unspecified atom stereocenters. The Balaban J connectivity index is 2.07. The summed E-state index contributed by atoms with van der Waals surface area (Å²) >= 11 is 0. The third-order valence-corrected chi connectivity index (χ3v) is 3.90. The second kappa shape index (κ2) is 7.26. The molecular weight excluding hydrogens is 328 g/mol. The number of nitrogens with two attached hydrogens (primary N) is 1. The Morgan fingerprint density at radius 3 is 2.65 bits per heavy atom. The maximum Gasteiger partial charge on any atom is 0.252 e. The number of nitrogens with one attached hydrogen (secondary N) is 1. The van der Waals surface area contributed by atoms with Crippen molar-refractivity contribution in [1.82, 2.24) is 19.9 Å². The molecule has 1 amide bonds. The molecule has 0 saturated carbocycles. The van der Waals surface area contributed by atoms with E-state index in [0.717, 1.165) is 11.3 Å². The van der Waals surface area contributed by atoms with Crippen molar-refractivity contribution in [2.24, 2.45) is 5.73 Å². The maximum atomic E-state index is 11.7. The number of nitrogens with zero attached hydrogens (tertiary/aromatic N) is 4. The van der Waals surface area contributed by atoms with Crippen LogP contribution in [0.25, 0.3) is 11.5 Å². The highest BCUT2D eigenvalue weighted by Gasteiger charge is 2.15. The van der Waals surface area contributed by atoms with Gasteiger partial charge in [0, 0.05) is 29.8 Å². The fourth-order valence-electron chi connectivity index (χ4n) is 2.53. The van der Waals surface area contributed by atoms with Crippen molar-refractivity contribution in [3.05, 3.63) is 59.7 Å². The zero-order chi connectivity index (χ0) is 18.7. The minimum Gasteiger partial charge on any atom is -0.365 e. The van der Waals surface area contributed by atoms with E-state index < -0.39 is 5.91 Å². The first-order valence-corrected chi connectivity index (χ1v) is 8.27. The van der Waals surface area contributed by atoms with Crippen molar-refractivity contribution in [3.63, 3.8) is 0 Å². The smallest absolute Gasteiger partial charge is 0.252 e. The van der Waals surface area contributed by atoms with Crippen LogP contribution in [0.1, 0.15) is 41.4 Å². The lowest BCUT2D eigenvalue weighted by Gasteiger charge is -2.15. The minimum absolute atomic E-state index is 0.191. The normalized spacial score (nSPS) is 10.8. The summed E-state index contributed by atoms with van der Waals surface area (Å²) in [5, 5.41) is 3.21. The predicted molar refractivity (Wildman–Crippen MR) is 100 cm³/mol. The van der Waals surface area contributed by atoms with Gasteiger partial charge < -0.3 is 11.1 Å². The minimum atomic E-state index is -0.554. The highest BCUT2D eigenvalue weighted by molar-refractivity contribution is 5.98. The molecule has 0 fully saturated rings. The number of anilines is 2. The van der Waals surface area contributed by atoms with E-state index >= 15 is 0 Å². The average molecular weight is 348 g/mol. The van der Waals surface area contributed by atoms with E-state index in [9.17, 15) is 4.79 Å². The lowest BCUT2D eigenvalue weighted by Crippen LogP contribution is -2.14. The Bertz CT molecular complexity index is 954. The molecule has 7 heteroatoms. The maximum absolute atomic E-state index is 11.7. The number of aryl methyl sites for hydroxylation is 1. The molecule has 0 aliphatic heterocycles. The van der Waals surface area contributed by atoms with Crippen molar-refractivity contribution in [1.29, 1.82) is 0 Å².